The van der Waals surface area contributed by atoms with Crippen molar-refractivity contribution in [2.24, 2.45) is 0 Å². The smallest absolute Gasteiger partial charge is 0.142 e. The zero-order valence-corrected chi connectivity index (χ0v) is 11.3. The Kier molecular flexibility index (Phi) is 4.67. The number of para-hydroxylation sites is 3. The van der Waals surface area contributed by atoms with Gasteiger partial charge in [0, 0.05) is 19.3 Å². The minimum Gasteiger partial charge on any atom is -0.491 e. The van der Waals surface area contributed by atoms with Crippen LogP contribution in [0.3, 0.4) is 0 Å². The zero-order chi connectivity index (χ0) is 13.5. The van der Waals surface area contributed by atoms with Gasteiger partial charge in [0.2, 0.25) is 0 Å². The lowest BCUT2D eigenvalue weighted by atomic mass is 10.3. The van der Waals surface area contributed by atoms with Crippen LogP contribution in [0.2, 0.25) is 0 Å². The first-order valence-electron chi connectivity index (χ1n) is 6.51. The van der Waals surface area contributed by atoms with E-state index >= 15 is 0 Å². The summed E-state index contributed by atoms with van der Waals surface area (Å²) in [6.45, 7) is 1.63. The number of nitrogens with zero attached hydrogens (tertiary/aromatic N) is 1. The van der Waals surface area contributed by atoms with Gasteiger partial charge >= 0.3 is 0 Å². The molecule has 0 amide bonds. The van der Waals surface area contributed by atoms with Crippen molar-refractivity contribution in [2.75, 3.05) is 30.8 Å². The van der Waals surface area contributed by atoms with Gasteiger partial charge in [0.05, 0.1) is 12.3 Å². The van der Waals surface area contributed by atoms with Gasteiger partial charge in [-0.25, -0.2) is 0 Å². The summed E-state index contributed by atoms with van der Waals surface area (Å²) in [4.78, 5) is 2.22. The Labute approximate surface area is 114 Å². The van der Waals surface area contributed by atoms with E-state index < -0.39 is 0 Å². The van der Waals surface area contributed by atoms with Crippen molar-refractivity contribution >= 4 is 11.4 Å². The molecule has 0 saturated heterocycles. The lowest BCUT2D eigenvalue weighted by Crippen LogP contribution is -2.20. The predicted octanol–water partition coefficient (Wildman–Crippen LogP) is 3.17. The van der Waals surface area contributed by atoms with Crippen LogP contribution in [0.4, 0.5) is 11.4 Å². The van der Waals surface area contributed by atoms with Crippen LogP contribution in [-0.2, 0) is 0 Å². The molecule has 3 nitrogen and oxygen atoms in total. The monoisotopic (exact) mass is 256 g/mol. The molecule has 0 bridgehead atoms. The molecule has 19 heavy (non-hydrogen) atoms. The van der Waals surface area contributed by atoms with Gasteiger partial charge in [-0.3, -0.25) is 0 Å². The van der Waals surface area contributed by atoms with E-state index in [4.69, 9.17) is 10.5 Å². The SMILES string of the molecule is CN(CCCOc1ccccc1N)c1ccccc1. The summed E-state index contributed by atoms with van der Waals surface area (Å²) in [5, 5.41) is 0. The molecule has 2 aromatic carbocycles. The van der Waals surface area contributed by atoms with E-state index in [0.717, 1.165) is 18.7 Å². The normalized spacial score (nSPS) is 10.2. The maximum Gasteiger partial charge on any atom is 0.142 e. The maximum absolute atomic E-state index is 5.82. The lowest BCUT2D eigenvalue weighted by molar-refractivity contribution is 0.314. The standard InChI is InChI=1S/C16H20N2O/c1-18(14-8-3-2-4-9-14)12-7-13-19-16-11-6-5-10-15(16)17/h2-6,8-11H,7,12-13,17H2,1H3. The number of anilines is 2. The molecule has 0 aliphatic rings. The highest BCUT2D eigenvalue weighted by Crippen LogP contribution is 2.19. The van der Waals surface area contributed by atoms with Crippen LogP contribution in [0, 0.1) is 0 Å². The molecule has 0 saturated carbocycles. The molecule has 2 N–H and O–H groups in total. The van der Waals surface area contributed by atoms with Crippen molar-refractivity contribution in [1.29, 1.82) is 0 Å². The number of nitrogen functional groups attached to an aromatic ring is 1. The Morgan fingerprint density at radius 2 is 1.68 bits per heavy atom. The predicted molar refractivity (Wildman–Crippen MR) is 80.7 cm³/mol. The van der Waals surface area contributed by atoms with Gasteiger partial charge in [0.15, 0.2) is 0 Å². The minimum atomic E-state index is 0.672. The van der Waals surface area contributed by atoms with Crippen LogP contribution >= 0.6 is 0 Å². The zero-order valence-electron chi connectivity index (χ0n) is 11.3. The molecule has 3 heteroatoms. The number of benzene rings is 2. The Bertz CT molecular complexity index is 499. The van der Waals surface area contributed by atoms with Gasteiger partial charge < -0.3 is 15.4 Å². The van der Waals surface area contributed by atoms with Gasteiger partial charge in [0.25, 0.3) is 0 Å². The number of hydrogen-bond donors (Lipinski definition) is 1. The molecule has 0 fully saturated rings. The maximum atomic E-state index is 5.82. The molecule has 0 aromatic heterocycles. The first-order chi connectivity index (χ1) is 9.27. The molecule has 0 heterocycles. The van der Waals surface area contributed by atoms with E-state index in [0.29, 0.717) is 12.3 Å². The molecular weight excluding hydrogens is 236 g/mol. The summed E-state index contributed by atoms with van der Waals surface area (Å²) >= 11 is 0. The number of nitrogens with two attached hydrogens (primary N) is 1. The lowest BCUT2D eigenvalue weighted by Gasteiger charge is -2.19. The molecule has 2 aromatic rings. The van der Waals surface area contributed by atoms with Crippen LogP contribution in [-0.4, -0.2) is 20.2 Å². The first-order valence-corrected chi connectivity index (χ1v) is 6.51. The summed E-state index contributed by atoms with van der Waals surface area (Å²) < 4.78 is 5.67. The Morgan fingerprint density at radius 3 is 2.42 bits per heavy atom. The molecule has 0 spiro atoms. The number of rotatable bonds is 6. The molecule has 0 unspecified atom stereocenters. The third-order valence-corrected chi connectivity index (χ3v) is 3.01. The van der Waals surface area contributed by atoms with Crippen molar-refractivity contribution in [2.45, 2.75) is 6.42 Å². The van der Waals surface area contributed by atoms with Gasteiger partial charge in [-0.2, -0.15) is 0 Å². The van der Waals surface area contributed by atoms with E-state index in [1.807, 2.05) is 42.5 Å². The molecule has 0 atom stereocenters. The van der Waals surface area contributed by atoms with E-state index in [9.17, 15) is 0 Å². The van der Waals surface area contributed by atoms with Crippen molar-refractivity contribution in [3.05, 3.63) is 54.6 Å². The van der Waals surface area contributed by atoms with Crippen molar-refractivity contribution in [1.82, 2.24) is 0 Å². The Balaban J connectivity index is 1.74. The quantitative estimate of drug-likeness (QED) is 0.637. The van der Waals surface area contributed by atoms with Crippen molar-refractivity contribution in [3.63, 3.8) is 0 Å². The second kappa shape index (κ2) is 6.69. The van der Waals surface area contributed by atoms with E-state index in [1.54, 1.807) is 0 Å². The molecule has 2 rings (SSSR count). The van der Waals surface area contributed by atoms with Gasteiger partial charge in [-0.1, -0.05) is 30.3 Å². The average molecular weight is 256 g/mol. The second-order valence-electron chi connectivity index (χ2n) is 4.50. The molecule has 0 radical (unpaired) electrons. The number of ether oxygens (including phenoxy) is 1. The number of hydrogen-bond acceptors (Lipinski definition) is 3. The average Bonchev–Trinajstić information content (AvgIpc) is 2.46. The fraction of sp³-hybridized carbons (Fsp3) is 0.250. The van der Waals surface area contributed by atoms with E-state index in [2.05, 4.69) is 24.1 Å². The molecule has 0 aliphatic heterocycles. The third kappa shape index (κ3) is 3.91. The van der Waals surface area contributed by atoms with Crippen LogP contribution in [0.1, 0.15) is 6.42 Å². The van der Waals surface area contributed by atoms with Crippen molar-refractivity contribution in [3.8, 4) is 5.75 Å². The topological polar surface area (TPSA) is 38.5 Å². The molecule has 0 aliphatic carbocycles. The fourth-order valence-corrected chi connectivity index (χ4v) is 1.91. The first kappa shape index (κ1) is 13.3. The van der Waals surface area contributed by atoms with Crippen LogP contribution in [0.15, 0.2) is 54.6 Å². The van der Waals surface area contributed by atoms with Crippen LogP contribution < -0.4 is 15.4 Å². The fourth-order valence-electron chi connectivity index (χ4n) is 1.91. The second-order valence-corrected chi connectivity index (χ2v) is 4.50. The largest absolute Gasteiger partial charge is 0.491 e. The Morgan fingerprint density at radius 1 is 1.00 bits per heavy atom. The highest BCUT2D eigenvalue weighted by atomic mass is 16.5. The summed E-state index contributed by atoms with van der Waals surface area (Å²) in [6, 6.07) is 17.9. The summed E-state index contributed by atoms with van der Waals surface area (Å²) in [6.07, 6.45) is 0.958. The molecular formula is C16H20N2O. The van der Waals surface area contributed by atoms with Gasteiger partial charge in [-0.05, 0) is 30.7 Å². The highest BCUT2D eigenvalue weighted by molar-refractivity contribution is 5.51. The highest BCUT2D eigenvalue weighted by Gasteiger charge is 2.01. The van der Waals surface area contributed by atoms with Crippen LogP contribution in [0.25, 0.3) is 0 Å². The summed E-state index contributed by atoms with van der Waals surface area (Å²) in [7, 11) is 2.09. The van der Waals surface area contributed by atoms with E-state index in [1.165, 1.54) is 5.69 Å². The summed E-state index contributed by atoms with van der Waals surface area (Å²) in [5.74, 6) is 0.768. The minimum absolute atomic E-state index is 0.672. The van der Waals surface area contributed by atoms with Gasteiger partial charge in [0.1, 0.15) is 5.75 Å². The third-order valence-electron chi connectivity index (χ3n) is 3.01. The van der Waals surface area contributed by atoms with E-state index in [-0.39, 0.29) is 0 Å². The Hall–Kier alpha value is -2.16. The van der Waals surface area contributed by atoms with Crippen molar-refractivity contribution < 1.29 is 4.74 Å². The summed E-state index contributed by atoms with van der Waals surface area (Å²) in [5.41, 5.74) is 7.74. The molecule has 100 valence electrons. The van der Waals surface area contributed by atoms with Crippen LogP contribution in [0.5, 0.6) is 5.75 Å². The van der Waals surface area contributed by atoms with Gasteiger partial charge in [-0.15, -0.1) is 0 Å².